The van der Waals surface area contributed by atoms with Crippen LogP contribution in [-0.2, 0) is 0 Å². The predicted molar refractivity (Wildman–Crippen MR) is 109 cm³/mol. The first kappa shape index (κ1) is 19.5. The van der Waals surface area contributed by atoms with Crippen LogP contribution >= 0.6 is 0 Å². The van der Waals surface area contributed by atoms with Gasteiger partial charge in [0.1, 0.15) is 17.3 Å². The largest absolute Gasteiger partial charge is 0.495 e. The molecule has 13 heteroatoms. The molecule has 0 amide bonds. The van der Waals surface area contributed by atoms with Crippen molar-refractivity contribution < 1.29 is 19.2 Å². The Morgan fingerprint density at radius 1 is 0.935 bits per heavy atom. The lowest BCUT2D eigenvalue weighted by atomic mass is 10.1. The number of methoxy groups -OCH3 is 1. The zero-order valence-corrected chi connectivity index (χ0v) is 15.8. The van der Waals surface area contributed by atoms with Crippen LogP contribution in [0, 0.1) is 20.2 Å². The highest BCUT2D eigenvalue weighted by Gasteiger charge is 2.27. The number of benzene rings is 2. The van der Waals surface area contributed by atoms with Crippen molar-refractivity contribution in [3.8, 4) is 5.75 Å². The lowest BCUT2D eigenvalue weighted by Gasteiger charge is -2.13. The SMILES string of the molecule is COc1ccc([N+](=O)[O-])cc1Nc1cc(Nc2ccccn2)c([N+](=O)[O-])c2nonc12. The van der Waals surface area contributed by atoms with Crippen LogP contribution in [0.25, 0.3) is 11.0 Å². The van der Waals surface area contributed by atoms with Crippen molar-refractivity contribution in [2.75, 3.05) is 17.7 Å². The van der Waals surface area contributed by atoms with Crippen molar-refractivity contribution in [3.63, 3.8) is 0 Å². The van der Waals surface area contributed by atoms with Crippen LogP contribution in [0.4, 0.5) is 34.3 Å². The zero-order chi connectivity index (χ0) is 22.0. The Morgan fingerprint density at radius 2 is 1.74 bits per heavy atom. The summed E-state index contributed by atoms with van der Waals surface area (Å²) in [5.74, 6) is 0.674. The van der Waals surface area contributed by atoms with Gasteiger partial charge in [0, 0.05) is 18.3 Å². The molecule has 31 heavy (non-hydrogen) atoms. The maximum Gasteiger partial charge on any atom is 0.324 e. The van der Waals surface area contributed by atoms with Crippen LogP contribution in [-0.4, -0.2) is 32.3 Å². The van der Waals surface area contributed by atoms with Crippen molar-refractivity contribution >= 4 is 45.3 Å². The van der Waals surface area contributed by atoms with E-state index < -0.39 is 9.85 Å². The summed E-state index contributed by atoms with van der Waals surface area (Å²) >= 11 is 0. The molecule has 0 aliphatic rings. The molecule has 0 saturated carbocycles. The molecule has 156 valence electrons. The van der Waals surface area contributed by atoms with Gasteiger partial charge in [0.05, 0.1) is 28.3 Å². The summed E-state index contributed by atoms with van der Waals surface area (Å²) in [6.45, 7) is 0. The summed E-state index contributed by atoms with van der Waals surface area (Å²) in [6.07, 6.45) is 1.53. The van der Waals surface area contributed by atoms with Gasteiger partial charge in [-0.2, -0.15) is 0 Å². The van der Waals surface area contributed by atoms with Crippen LogP contribution in [0.2, 0.25) is 0 Å². The summed E-state index contributed by atoms with van der Waals surface area (Å²) < 4.78 is 9.99. The average molecular weight is 423 g/mol. The Kier molecular flexibility index (Phi) is 4.97. The summed E-state index contributed by atoms with van der Waals surface area (Å²) in [7, 11) is 1.41. The number of rotatable bonds is 7. The first-order valence-electron chi connectivity index (χ1n) is 8.69. The zero-order valence-electron chi connectivity index (χ0n) is 15.8. The van der Waals surface area contributed by atoms with E-state index in [-0.39, 0.29) is 39.5 Å². The third kappa shape index (κ3) is 3.74. The number of aromatic nitrogens is 3. The average Bonchev–Trinajstić information content (AvgIpc) is 3.24. The quantitative estimate of drug-likeness (QED) is 0.326. The number of nitro benzene ring substituents is 2. The molecule has 4 aromatic rings. The lowest BCUT2D eigenvalue weighted by molar-refractivity contribution is -0.384. The Hall–Kier alpha value is -4.81. The molecule has 0 atom stereocenters. The fraction of sp³-hybridized carbons (Fsp3) is 0.0556. The number of hydrogen-bond donors (Lipinski definition) is 2. The van der Waals surface area contributed by atoms with Crippen molar-refractivity contribution in [3.05, 3.63) is 68.9 Å². The first-order chi connectivity index (χ1) is 15.0. The topological polar surface area (TPSA) is 171 Å². The second-order valence-corrected chi connectivity index (χ2v) is 6.15. The van der Waals surface area contributed by atoms with Gasteiger partial charge in [-0.1, -0.05) is 6.07 Å². The fourth-order valence-corrected chi connectivity index (χ4v) is 2.93. The molecule has 0 spiro atoms. The van der Waals surface area contributed by atoms with Gasteiger partial charge in [-0.15, -0.1) is 0 Å². The molecule has 4 rings (SSSR count). The third-order valence-electron chi connectivity index (χ3n) is 4.29. The van der Waals surface area contributed by atoms with E-state index in [0.717, 1.165) is 0 Å². The van der Waals surface area contributed by atoms with Crippen molar-refractivity contribution in [2.45, 2.75) is 0 Å². The van der Waals surface area contributed by atoms with Gasteiger partial charge in [-0.3, -0.25) is 20.2 Å². The molecular weight excluding hydrogens is 410 g/mol. The highest BCUT2D eigenvalue weighted by molar-refractivity contribution is 6.01. The molecule has 0 aliphatic carbocycles. The number of nitrogens with zero attached hydrogens (tertiary/aromatic N) is 5. The Bertz CT molecular complexity index is 1290. The van der Waals surface area contributed by atoms with Crippen LogP contribution in [0.15, 0.2) is 53.3 Å². The molecule has 0 radical (unpaired) electrons. The monoisotopic (exact) mass is 423 g/mol. The van der Waals surface area contributed by atoms with Gasteiger partial charge in [-0.05, 0) is 34.6 Å². The van der Waals surface area contributed by atoms with Crippen LogP contribution in [0.1, 0.15) is 0 Å². The molecule has 0 saturated heterocycles. The van der Waals surface area contributed by atoms with Crippen LogP contribution < -0.4 is 15.4 Å². The van der Waals surface area contributed by atoms with Crippen LogP contribution in [0.3, 0.4) is 0 Å². The first-order valence-corrected chi connectivity index (χ1v) is 8.69. The summed E-state index contributed by atoms with van der Waals surface area (Å²) in [6, 6.07) is 10.4. The third-order valence-corrected chi connectivity index (χ3v) is 4.29. The van der Waals surface area contributed by atoms with Gasteiger partial charge < -0.3 is 15.4 Å². The van der Waals surface area contributed by atoms with E-state index in [2.05, 4.69) is 25.9 Å². The molecule has 0 fully saturated rings. The number of non-ortho nitro benzene ring substituents is 1. The maximum atomic E-state index is 11.7. The highest BCUT2D eigenvalue weighted by Crippen LogP contribution is 2.40. The fourth-order valence-electron chi connectivity index (χ4n) is 2.93. The molecule has 0 bridgehead atoms. The molecule has 13 nitrogen and oxygen atoms in total. The number of ether oxygens (including phenoxy) is 1. The number of nitro groups is 2. The lowest BCUT2D eigenvalue weighted by Crippen LogP contribution is -2.02. The van der Waals surface area contributed by atoms with Crippen molar-refractivity contribution in [1.82, 2.24) is 15.3 Å². The number of anilines is 4. The van der Waals surface area contributed by atoms with Gasteiger partial charge in [0.2, 0.25) is 5.52 Å². The maximum absolute atomic E-state index is 11.7. The van der Waals surface area contributed by atoms with Gasteiger partial charge in [-0.25, -0.2) is 9.61 Å². The van der Waals surface area contributed by atoms with Gasteiger partial charge in [0.15, 0.2) is 5.52 Å². The molecule has 2 aromatic carbocycles. The van der Waals surface area contributed by atoms with E-state index in [1.807, 2.05) is 0 Å². The normalized spacial score (nSPS) is 10.6. The second-order valence-electron chi connectivity index (χ2n) is 6.15. The summed E-state index contributed by atoms with van der Waals surface area (Å²) in [4.78, 5) is 25.8. The second kappa shape index (κ2) is 7.90. The smallest absolute Gasteiger partial charge is 0.324 e. The molecule has 2 heterocycles. The molecule has 2 aromatic heterocycles. The van der Waals surface area contributed by atoms with Crippen LogP contribution in [0.5, 0.6) is 5.75 Å². The van der Waals surface area contributed by atoms with E-state index in [1.54, 1.807) is 18.2 Å². The minimum absolute atomic E-state index is 0.0619. The molecule has 2 N–H and O–H groups in total. The molecular formula is C18H13N7O6. The number of fused-ring (bicyclic) bond motifs is 1. The Labute approximate surface area is 172 Å². The van der Waals surface area contributed by atoms with E-state index in [0.29, 0.717) is 11.6 Å². The van der Waals surface area contributed by atoms with Gasteiger partial charge >= 0.3 is 5.69 Å². The number of hydrogen-bond acceptors (Lipinski definition) is 11. The minimum Gasteiger partial charge on any atom is -0.495 e. The Balaban J connectivity index is 1.86. The van der Waals surface area contributed by atoms with E-state index >= 15 is 0 Å². The minimum atomic E-state index is -0.616. The van der Waals surface area contributed by atoms with E-state index in [4.69, 9.17) is 9.37 Å². The summed E-state index contributed by atoms with van der Waals surface area (Å²) in [5.41, 5.74) is -0.0220. The number of pyridine rings is 1. The number of nitrogens with one attached hydrogen (secondary N) is 2. The summed E-state index contributed by atoms with van der Waals surface area (Å²) in [5, 5.41) is 36.2. The predicted octanol–water partition coefficient (Wildman–Crippen LogP) is 3.93. The van der Waals surface area contributed by atoms with Crippen molar-refractivity contribution in [2.24, 2.45) is 0 Å². The van der Waals surface area contributed by atoms with E-state index in [9.17, 15) is 20.2 Å². The Morgan fingerprint density at radius 3 is 2.42 bits per heavy atom. The highest BCUT2D eigenvalue weighted by atomic mass is 16.6. The standard InChI is InChI=1S/C18H13N7O6/c1-30-14-6-5-10(24(26)27)8-11(14)20-12-9-13(21-15-4-2-3-7-19-15)18(25(28)29)17-16(12)22-31-23-17/h2-9,20H,1H3,(H,19,21). The van der Waals surface area contributed by atoms with Gasteiger partial charge in [0.25, 0.3) is 5.69 Å². The van der Waals surface area contributed by atoms with E-state index in [1.165, 1.54) is 37.6 Å². The molecule has 0 unspecified atom stereocenters. The molecule has 0 aliphatic heterocycles. The van der Waals surface area contributed by atoms with Crippen molar-refractivity contribution in [1.29, 1.82) is 0 Å².